The van der Waals surface area contributed by atoms with Crippen LogP contribution in [-0.2, 0) is 0 Å². The molecule has 6 aromatic carbocycles. The van der Waals surface area contributed by atoms with Gasteiger partial charge in [-0.05, 0) is 81.9 Å². The van der Waals surface area contributed by atoms with Crippen LogP contribution in [0.4, 0.5) is 0 Å². The van der Waals surface area contributed by atoms with Gasteiger partial charge in [0, 0.05) is 22.3 Å². The Balaban J connectivity index is 1.48. The van der Waals surface area contributed by atoms with Gasteiger partial charge in [0.15, 0.2) is 0 Å². The Morgan fingerprint density at radius 1 is 0.500 bits per heavy atom. The van der Waals surface area contributed by atoms with Crippen molar-refractivity contribution < 1.29 is 18.9 Å². The first-order chi connectivity index (χ1) is 22.7. The summed E-state index contributed by atoms with van der Waals surface area (Å²) in [6, 6.07) is 37.8. The Morgan fingerprint density at radius 2 is 0.913 bits per heavy atom. The van der Waals surface area contributed by atoms with Gasteiger partial charge >= 0.3 is 0 Å². The normalized spacial score (nSPS) is 13.3. The van der Waals surface area contributed by atoms with Crippen molar-refractivity contribution in [2.45, 2.75) is 12.8 Å². The van der Waals surface area contributed by atoms with Gasteiger partial charge in [0.25, 0.3) is 0 Å². The Bertz CT molecular complexity index is 1900. The second kappa shape index (κ2) is 13.3. The van der Waals surface area contributed by atoms with E-state index >= 15 is 0 Å². The number of ether oxygens (including phenoxy) is 4. The number of hydrogen-bond donors (Lipinski definition) is 0. The standard InChI is InChI=1S/C42H36O4/c1-43-35-21-15-29(16-22-35)13-19-33-27-31-9-3-5-11-37(31)39-40-38-12-6-4-10-32(38)28-34(20-14-30-17-23-36(44-2)24-18-30)42(40)46-26-8-7-25-45-41(33)39/h3-6,9-24,27-28H,7-8,25-26H2,1-2H3/b19-13-,20-14-. The maximum Gasteiger partial charge on any atom is 0.135 e. The summed E-state index contributed by atoms with van der Waals surface area (Å²) < 4.78 is 24.3. The summed E-state index contributed by atoms with van der Waals surface area (Å²) in [5, 5.41) is 4.55. The van der Waals surface area contributed by atoms with Gasteiger partial charge in [-0.2, -0.15) is 0 Å². The van der Waals surface area contributed by atoms with Crippen molar-refractivity contribution in [1.82, 2.24) is 0 Å². The van der Waals surface area contributed by atoms with E-state index in [0.717, 1.165) is 90.8 Å². The minimum atomic E-state index is 0.613. The molecule has 0 saturated carbocycles. The molecule has 6 aromatic rings. The SMILES string of the molecule is COc1ccc(/C=C\c2cc3ccccc3c3c2OCCCCOc2c(/C=C\c4ccc(OC)cc4)cc4ccccc4c2-3)cc1. The Morgan fingerprint density at radius 3 is 1.33 bits per heavy atom. The molecule has 0 aromatic heterocycles. The monoisotopic (exact) mass is 604 g/mol. The molecule has 1 aliphatic rings. The minimum Gasteiger partial charge on any atom is -0.497 e. The van der Waals surface area contributed by atoms with Crippen molar-refractivity contribution >= 4 is 45.8 Å². The van der Waals surface area contributed by atoms with E-state index in [1.807, 2.05) is 24.3 Å². The molecular weight excluding hydrogens is 568 g/mol. The number of hydrogen-bond acceptors (Lipinski definition) is 4. The fourth-order valence-electron chi connectivity index (χ4n) is 6.11. The molecule has 0 fully saturated rings. The van der Waals surface area contributed by atoms with Crippen LogP contribution >= 0.6 is 0 Å². The second-order valence-corrected chi connectivity index (χ2v) is 11.4. The van der Waals surface area contributed by atoms with E-state index in [1.54, 1.807) is 14.2 Å². The van der Waals surface area contributed by atoms with Crippen LogP contribution < -0.4 is 18.9 Å². The fraction of sp³-hybridized carbons (Fsp3) is 0.143. The van der Waals surface area contributed by atoms with Gasteiger partial charge in [0.2, 0.25) is 0 Å². The van der Waals surface area contributed by atoms with E-state index in [2.05, 4.69) is 109 Å². The molecule has 4 heteroatoms. The summed E-state index contributed by atoms with van der Waals surface area (Å²) in [6.45, 7) is 1.23. The fourth-order valence-corrected chi connectivity index (χ4v) is 6.11. The quantitative estimate of drug-likeness (QED) is 0.177. The first-order valence-electron chi connectivity index (χ1n) is 15.7. The smallest absolute Gasteiger partial charge is 0.135 e. The largest absolute Gasteiger partial charge is 0.497 e. The molecule has 7 rings (SSSR count). The van der Waals surface area contributed by atoms with Crippen molar-refractivity contribution in [3.63, 3.8) is 0 Å². The molecule has 1 aliphatic heterocycles. The van der Waals surface area contributed by atoms with E-state index in [9.17, 15) is 0 Å². The molecule has 0 N–H and O–H groups in total. The molecule has 46 heavy (non-hydrogen) atoms. The Hall–Kier alpha value is -5.48. The van der Waals surface area contributed by atoms with Crippen LogP contribution in [0.1, 0.15) is 35.1 Å². The lowest BCUT2D eigenvalue weighted by Crippen LogP contribution is -2.09. The van der Waals surface area contributed by atoms with E-state index < -0.39 is 0 Å². The van der Waals surface area contributed by atoms with Crippen molar-refractivity contribution in [2.24, 2.45) is 0 Å². The van der Waals surface area contributed by atoms with Crippen LogP contribution in [-0.4, -0.2) is 27.4 Å². The molecule has 0 saturated heterocycles. The molecule has 0 spiro atoms. The summed E-state index contributed by atoms with van der Waals surface area (Å²) in [5.41, 5.74) is 6.34. The lowest BCUT2D eigenvalue weighted by molar-refractivity contribution is 0.264. The predicted molar refractivity (Wildman–Crippen MR) is 191 cm³/mol. The third kappa shape index (κ3) is 5.94. The summed E-state index contributed by atoms with van der Waals surface area (Å²) in [4.78, 5) is 0. The van der Waals surface area contributed by atoms with Crippen LogP contribution in [0, 0.1) is 0 Å². The van der Waals surface area contributed by atoms with E-state index in [1.165, 1.54) is 0 Å². The molecule has 0 radical (unpaired) electrons. The van der Waals surface area contributed by atoms with Gasteiger partial charge in [-0.3, -0.25) is 0 Å². The first kappa shape index (κ1) is 29.2. The van der Waals surface area contributed by atoms with Gasteiger partial charge < -0.3 is 18.9 Å². The number of rotatable bonds is 6. The van der Waals surface area contributed by atoms with Gasteiger partial charge in [-0.1, -0.05) is 97.1 Å². The lowest BCUT2D eigenvalue weighted by atomic mass is 9.88. The topological polar surface area (TPSA) is 36.9 Å². The predicted octanol–water partition coefficient (Wildman–Crippen LogP) is 10.6. The van der Waals surface area contributed by atoms with Gasteiger partial charge in [0.05, 0.1) is 27.4 Å². The highest BCUT2D eigenvalue weighted by atomic mass is 16.5. The molecule has 0 atom stereocenters. The van der Waals surface area contributed by atoms with Crippen molar-refractivity contribution in [1.29, 1.82) is 0 Å². The van der Waals surface area contributed by atoms with E-state index in [0.29, 0.717) is 13.2 Å². The average Bonchev–Trinajstić information content (AvgIpc) is 3.11. The van der Waals surface area contributed by atoms with Crippen LogP contribution in [0.2, 0.25) is 0 Å². The highest BCUT2D eigenvalue weighted by molar-refractivity contribution is 6.12. The average molecular weight is 605 g/mol. The zero-order valence-electron chi connectivity index (χ0n) is 26.2. The maximum atomic E-state index is 6.77. The zero-order valence-corrected chi connectivity index (χ0v) is 26.2. The molecule has 0 bridgehead atoms. The van der Waals surface area contributed by atoms with Crippen molar-refractivity contribution in [3.8, 4) is 34.1 Å². The van der Waals surface area contributed by atoms with Gasteiger partial charge in [-0.15, -0.1) is 0 Å². The van der Waals surface area contributed by atoms with E-state index in [4.69, 9.17) is 18.9 Å². The minimum absolute atomic E-state index is 0.613. The molecule has 0 amide bonds. The summed E-state index contributed by atoms with van der Waals surface area (Å²) in [6.07, 6.45) is 10.4. The molecule has 1 heterocycles. The van der Waals surface area contributed by atoms with Crippen LogP contribution in [0.15, 0.2) is 109 Å². The molecule has 0 unspecified atom stereocenters. The van der Waals surface area contributed by atoms with Crippen LogP contribution in [0.3, 0.4) is 0 Å². The van der Waals surface area contributed by atoms with Crippen molar-refractivity contribution in [3.05, 3.63) is 131 Å². The van der Waals surface area contributed by atoms with Gasteiger partial charge in [0.1, 0.15) is 23.0 Å². The summed E-state index contributed by atoms with van der Waals surface area (Å²) >= 11 is 0. The Labute approximate surface area is 270 Å². The first-order valence-corrected chi connectivity index (χ1v) is 15.7. The molecule has 228 valence electrons. The number of benzene rings is 6. The lowest BCUT2D eigenvalue weighted by Gasteiger charge is -2.24. The van der Waals surface area contributed by atoms with Gasteiger partial charge in [-0.25, -0.2) is 0 Å². The summed E-state index contributed by atoms with van der Waals surface area (Å²) in [5.74, 6) is 3.42. The maximum absolute atomic E-state index is 6.77. The number of methoxy groups -OCH3 is 2. The Kier molecular flexibility index (Phi) is 8.42. The van der Waals surface area contributed by atoms with E-state index in [-0.39, 0.29) is 0 Å². The third-order valence-corrected chi connectivity index (χ3v) is 8.48. The molecule has 0 aliphatic carbocycles. The van der Waals surface area contributed by atoms with Crippen LogP contribution in [0.25, 0.3) is 57.0 Å². The highest BCUT2D eigenvalue weighted by Crippen LogP contribution is 2.49. The second-order valence-electron chi connectivity index (χ2n) is 11.4. The van der Waals surface area contributed by atoms with Crippen molar-refractivity contribution in [2.75, 3.05) is 27.4 Å². The zero-order chi connectivity index (χ0) is 31.3. The highest BCUT2D eigenvalue weighted by Gasteiger charge is 2.24. The molecule has 4 nitrogen and oxygen atoms in total. The third-order valence-electron chi connectivity index (χ3n) is 8.48. The molecular formula is C42H36O4. The van der Waals surface area contributed by atoms with Crippen LogP contribution in [0.5, 0.6) is 23.0 Å². The summed E-state index contributed by atoms with van der Waals surface area (Å²) in [7, 11) is 3.37. The number of fused-ring (bicyclic) bond motifs is 7.